The predicted molar refractivity (Wildman–Crippen MR) is 69.7 cm³/mol. The number of fused-ring (bicyclic) bond motifs is 1. The molecule has 0 aromatic heterocycles. The Morgan fingerprint density at radius 1 is 1.56 bits per heavy atom. The van der Waals surface area contributed by atoms with Crippen molar-refractivity contribution in [3.05, 3.63) is 22.2 Å². The Balaban J connectivity index is 0.00000128. The van der Waals surface area contributed by atoms with E-state index in [0.29, 0.717) is 19.1 Å². The van der Waals surface area contributed by atoms with Crippen LogP contribution in [0.15, 0.2) is 16.6 Å². The fourth-order valence-corrected chi connectivity index (χ4v) is 2.30. The largest absolute Gasteiger partial charge is 0.493 e. The molecule has 2 rings (SSSR count). The van der Waals surface area contributed by atoms with Crippen LogP contribution in [0.25, 0.3) is 0 Å². The molecule has 0 fully saturated rings. The number of methoxy groups -OCH3 is 1. The molecule has 2 N–H and O–H groups in total. The highest BCUT2D eigenvalue weighted by atomic mass is 79.9. The zero-order valence-electron chi connectivity index (χ0n) is 9.03. The van der Waals surface area contributed by atoms with Crippen LogP contribution in [0.1, 0.15) is 5.56 Å². The SMILES string of the molecule is COc1cc(Br)cc2c1OCC(CN)C2.Cl. The summed E-state index contributed by atoms with van der Waals surface area (Å²) >= 11 is 3.46. The van der Waals surface area contributed by atoms with Gasteiger partial charge in [-0.05, 0) is 30.7 Å². The van der Waals surface area contributed by atoms with Gasteiger partial charge >= 0.3 is 0 Å². The molecule has 1 aromatic rings. The lowest BCUT2D eigenvalue weighted by Gasteiger charge is -2.25. The minimum absolute atomic E-state index is 0. The Bertz CT molecular complexity index is 373. The minimum atomic E-state index is 0. The fraction of sp³-hybridized carbons (Fsp3) is 0.455. The van der Waals surface area contributed by atoms with Crippen LogP contribution >= 0.6 is 28.3 Å². The molecule has 1 aromatic carbocycles. The molecule has 1 unspecified atom stereocenters. The molecule has 90 valence electrons. The lowest BCUT2D eigenvalue weighted by Crippen LogP contribution is -2.27. The first-order chi connectivity index (χ1) is 7.24. The molecule has 0 aliphatic carbocycles. The number of nitrogens with two attached hydrogens (primary N) is 1. The quantitative estimate of drug-likeness (QED) is 0.912. The Morgan fingerprint density at radius 2 is 2.31 bits per heavy atom. The summed E-state index contributed by atoms with van der Waals surface area (Å²) in [5, 5.41) is 0. The van der Waals surface area contributed by atoms with Crippen molar-refractivity contribution in [2.45, 2.75) is 6.42 Å². The second-order valence-corrected chi connectivity index (χ2v) is 4.63. The number of rotatable bonds is 2. The molecule has 1 aliphatic heterocycles. The zero-order valence-corrected chi connectivity index (χ0v) is 11.4. The van der Waals surface area contributed by atoms with E-state index in [-0.39, 0.29) is 12.4 Å². The van der Waals surface area contributed by atoms with Crippen molar-refractivity contribution in [2.75, 3.05) is 20.3 Å². The smallest absolute Gasteiger partial charge is 0.164 e. The summed E-state index contributed by atoms with van der Waals surface area (Å²) in [7, 11) is 1.65. The van der Waals surface area contributed by atoms with E-state index in [1.807, 2.05) is 6.07 Å². The van der Waals surface area contributed by atoms with Crippen molar-refractivity contribution in [2.24, 2.45) is 11.7 Å². The molecular formula is C11H15BrClNO2. The molecule has 1 heterocycles. The third-order valence-corrected chi connectivity index (χ3v) is 3.08. The first-order valence-corrected chi connectivity index (χ1v) is 5.73. The Hall–Kier alpha value is -0.450. The molecule has 0 saturated heterocycles. The van der Waals surface area contributed by atoms with Gasteiger partial charge in [-0.1, -0.05) is 15.9 Å². The number of halogens is 2. The third kappa shape index (κ3) is 2.62. The van der Waals surface area contributed by atoms with E-state index < -0.39 is 0 Å². The first kappa shape index (κ1) is 13.6. The van der Waals surface area contributed by atoms with Gasteiger partial charge in [-0.15, -0.1) is 12.4 Å². The van der Waals surface area contributed by atoms with Crippen LogP contribution in [-0.4, -0.2) is 20.3 Å². The van der Waals surface area contributed by atoms with Gasteiger partial charge < -0.3 is 15.2 Å². The van der Waals surface area contributed by atoms with Gasteiger partial charge in [0.15, 0.2) is 11.5 Å². The Labute approximate surface area is 110 Å². The highest BCUT2D eigenvalue weighted by Gasteiger charge is 2.22. The highest BCUT2D eigenvalue weighted by Crippen LogP contribution is 2.38. The average molecular weight is 309 g/mol. The first-order valence-electron chi connectivity index (χ1n) is 4.94. The second-order valence-electron chi connectivity index (χ2n) is 3.71. The summed E-state index contributed by atoms with van der Waals surface area (Å²) in [5.74, 6) is 2.07. The van der Waals surface area contributed by atoms with E-state index in [9.17, 15) is 0 Å². The summed E-state index contributed by atoms with van der Waals surface area (Å²) in [6.45, 7) is 1.34. The number of ether oxygens (including phenoxy) is 2. The van der Waals surface area contributed by atoms with E-state index in [1.165, 1.54) is 5.56 Å². The predicted octanol–water partition coefficient (Wildman–Crippen LogP) is 2.39. The van der Waals surface area contributed by atoms with Gasteiger partial charge in [0.2, 0.25) is 0 Å². The molecule has 0 amide bonds. The Kier molecular flexibility index (Phi) is 4.89. The minimum Gasteiger partial charge on any atom is -0.493 e. The van der Waals surface area contributed by atoms with Gasteiger partial charge in [-0.3, -0.25) is 0 Å². The van der Waals surface area contributed by atoms with Crippen molar-refractivity contribution < 1.29 is 9.47 Å². The maximum atomic E-state index is 5.68. The fourth-order valence-electron chi connectivity index (χ4n) is 1.81. The van der Waals surface area contributed by atoms with Crippen LogP contribution in [0.5, 0.6) is 11.5 Å². The summed E-state index contributed by atoms with van der Waals surface area (Å²) < 4.78 is 12.0. The molecule has 1 atom stereocenters. The molecule has 0 bridgehead atoms. The number of hydrogen-bond acceptors (Lipinski definition) is 3. The average Bonchev–Trinajstić information content (AvgIpc) is 2.26. The van der Waals surface area contributed by atoms with Crippen molar-refractivity contribution in [1.29, 1.82) is 0 Å². The van der Waals surface area contributed by atoms with Crippen LogP contribution in [0, 0.1) is 5.92 Å². The molecule has 3 nitrogen and oxygen atoms in total. The van der Waals surface area contributed by atoms with E-state index in [4.69, 9.17) is 15.2 Å². The topological polar surface area (TPSA) is 44.5 Å². The van der Waals surface area contributed by atoms with Crippen LogP contribution < -0.4 is 15.2 Å². The van der Waals surface area contributed by atoms with Crippen LogP contribution in [0.3, 0.4) is 0 Å². The van der Waals surface area contributed by atoms with Crippen molar-refractivity contribution >= 4 is 28.3 Å². The summed E-state index contributed by atoms with van der Waals surface area (Å²) in [6, 6.07) is 3.99. The number of hydrogen-bond donors (Lipinski definition) is 1. The van der Waals surface area contributed by atoms with E-state index in [0.717, 1.165) is 22.4 Å². The van der Waals surface area contributed by atoms with Crippen molar-refractivity contribution in [3.63, 3.8) is 0 Å². The summed E-state index contributed by atoms with van der Waals surface area (Å²) in [5.41, 5.74) is 6.82. The molecule has 16 heavy (non-hydrogen) atoms. The van der Waals surface area contributed by atoms with Crippen molar-refractivity contribution in [3.8, 4) is 11.5 Å². The van der Waals surface area contributed by atoms with E-state index >= 15 is 0 Å². The van der Waals surface area contributed by atoms with Gasteiger partial charge in [-0.25, -0.2) is 0 Å². The van der Waals surface area contributed by atoms with Gasteiger partial charge in [-0.2, -0.15) is 0 Å². The van der Waals surface area contributed by atoms with Crippen LogP contribution in [0.2, 0.25) is 0 Å². The van der Waals surface area contributed by atoms with E-state index in [1.54, 1.807) is 7.11 Å². The second kappa shape index (κ2) is 5.75. The lowest BCUT2D eigenvalue weighted by molar-refractivity contribution is 0.215. The Morgan fingerprint density at radius 3 is 2.94 bits per heavy atom. The maximum absolute atomic E-state index is 5.68. The van der Waals surface area contributed by atoms with Crippen LogP contribution in [-0.2, 0) is 6.42 Å². The molecule has 1 aliphatic rings. The van der Waals surface area contributed by atoms with Gasteiger partial charge in [0, 0.05) is 10.4 Å². The third-order valence-electron chi connectivity index (χ3n) is 2.62. The summed E-state index contributed by atoms with van der Waals surface area (Å²) in [6.07, 6.45) is 0.960. The van der Waals surface area contributed by atoms with E-state index in [2.05, 4.69) is 22.0 Å². The monoisotopic (exact) mass is 307 g/mol. The molecule has 0 spiro atoms. The standard InChI is InChI=1S/C11H14BrNO2.ClH/c1-14-10-4-9(12)3-8-2-7(5-13)6-15-11(8)10;/h3-4,7H,2,5-6,13H2,1H3;1H. The highest BCUT2D eigenvalue weighted by molar-refractivity contribution is 9.10. The van der Waals surface area contributed by atoms with Crippen LogP contribution in [0.4, 0.5) is 0 Å². The summed E-state index contributed by atoms with van der Waals surface area (Å²) in [4.78, 5) is 0. The lowest BCUT2D eigenvalue weighted by atomic mass is 9.96. The normalized spacial score (nSPS) is 18.1. The molecule has 5 heteroatoms. The van der Waals surface area contributed by atoms with Gasteiger partial charge in [0.05, 0.1) is 13.7 Å². The molecular weight excluding hydrogens is 293 g/mol. The zero-order chi connectivity index (χ0) is 10.8. The number of benzene rings is 1. The maximum Gasteiger partial charge on any atom is 0.164 e. The molecule has 0 radical (unpaired) electrons. The molecule has 0 saturated carbocycles. The van der Waals surface area contributed by atoms with Gasteiger partial charge in [0.25, 0.3) is 0 Å². The van der Waals surface area contributed by atoms with Crippen molar-refractivity contribution in [1.82, 2.24) is 0 Å². The van der Waals surface area contributed by atoms with Gasteiger partial charge in [0.1, 0.15) is 0 Å².